The molecule has 0 aromatic rings. The van der Waals surface area contributed by atoms with Gasteiger partial charge in [-0.05, 0) is 18.0 Å². The molecule has 3 aliphatic rings. The largest absolute Gasteiger partial charge is 0.305 e. The highest BCUT2D eigenvalue weighted by atomic mass is 35.7. The topological polar surface area (TPSA) is 0 Å². The summed E-state index contributed by atoms with van der Waals surface area (Å²) in [5.74, 6) is 1.83. The molecule has 24 heavy (non-hydrogen) atoms. The van der Waals surface area contributed by atoms with Gasteiger partial charge in [0, 0.05) is 0 Å². The highest BCUT2D eigenvalue weighted by Crippen LogP contribution is 2.58. The number of rotatable bonds is 7. The first-order chi connectivity index (χ1) is 11.6. The van der Waals surface area contributed by atoms with E-state index < -0.39 is 6.69 Å². The van der Waals surface area contributed by atoms with Crippen molar-refractivity contribution in [3.05, 3.63) is 21.9 Å². The van der Waals surface area contributed by atoms with E-state index >= 15 is 0 Å². The number of unbranched alkanes of at least 4 members (excludes halogenated alkanes) is 3. The van der Waals surface area contributed by atoms with E-state index in [1.807, 2.05) is 0 Å². The van der Waals surface area contributed by atoms with Crippen molar-refractivity contribution >= 4 is 35.6 Å². The maximum absolute atomic E-state index is 7.00. The van der Waals surface area contributed by atoms with Crippen molar-refractivity contribution in [1.29, 1.82) is 0 Å². The normalized spacial score (nSPS) is 30.7. The predicted molar refractivity (Wildman–Crippen MR) is 113 cm³/mol. The Morgan fingerprint density at radius 2 is 1.58 bits per heavy atom. The number of allylic oxidation sites excluding steroid dienone is 4. The molecule has 3 rings (SSSR count). The van der Waals surface area contributed by atoms with Crippen LogP contribution in [-0.2, 0) is 0 Å². The molecule has 3 aliphatic heterocycles. The molecule has 2 bridgehead atoms. The second-order valence-corrected chi connectivity index (χ2v) is 14.5. The van der Waals surface area contributed by atoms with Gasteiger partial charge >= 0.3 is 6.69 Å². The number of hydrogen-bond acceptors (Lipinski definition) is 0. The van der Waals surface area contributed by atoms with Crippen LogP contribution in [0.5, 0.6) is 0 Å². The number of hydrogen-bond donors (Lipinski definition) is 0. The van der Waals surface area contributed by atoms with Gasteiger partial charge in [-0.1, -0.05) is 106 Å². The summed E-state index contributed by atoms with van der Waals surface area (Å²) in [6.07, 6.45) is 18.4. The molecule has 0 spiro atoms. The van der Waals surface area contributed by atoms with E-state index in [0.29, 0.717) is 0 Å². The lowest BCUT2D eigenvalue weighted by atomic mass is 9.24. The molecule has 0 aliphatic carbocycles. The highest BCUT2D eigenvalue weighted by molar-refractivity contribution is 7.54. The highest BCUT2D eigenvalue weighted by Gasteiger charge is 2.55. The summed E-state index contributed by atoms with van der Waals surface area (Å²) in [6, 6.07) is 0. The van der Waals surface area contributed by atoms with Crippen LogP contribution in [-0.4, -0.2) is 13.4 Å². The molecule has 3 heterocycles. The van der Waals surface area contributed by atoms with E-state index in [4.69, 9.17) is 22.2 Å². The van der Waals surface area contributed by atoms with E-state index in [1.165, 1.54) is 74.6 Å². The second kappa shape index (κ2) is 8.36. The summed E-state index contributed by atoms with van der Waals surface area (Å²) in [4.78, 5) is 0. The summed E-state index contributed by atoms with van der Waals surface area (Å²) in [6.45, 7) is 3.03. The Morgan fingerprint density at radius 1 is 1.00 bits per heavy atom. The van der Waals surface area contributed by atoms with Crippen LogP contribution in [0.3, 0.4) is 0 Å². The van der Waals surface area contributed by atoms with Crippen molar-refractivity contribution in [2.24, 2.45) is 0 Å². The molecule has 0 nitrogen and oxygen atoms in total. The fraction of sp³-hybridized carbons (Fsp3) is 0.800. The van der Waals surface area contributed by atoms with Gasteiger partial charge in [0.05, 0.1) is 0 Å². The molecule has 0 atom stereocenters. The Kier molecular flexibility index (Phi) is 6.65. The van der Waals surface area contributed by atoms with E-state index in [0.717, 1.165) is 31.2 Å². The van der Waals surface area contributed by atoms with Crippen LogP contribution >= 0.6 is 22.2 Å². The minimum Gasteiger partial charge on any atom is -0.134 e. The van der Waals surface area contributed by atoms with E-state index in [-0.39, 0.29) is 0 Å². The van der Waals surface area contributed by atoms with Crippen LogP contribution in [0, 0.1) is 0 Å². The molecule has 134 valence electrons. The van der Waals surface area contributed by atoms with E-state index in [9.17, 15) is 0 Å². The van der Waals surface area contributed by atoms with Gasteiger partial charge in [-0.25, -0.2) is 0 Å². The monoisotopic (exact) mass is 382 g/mol. The maximum atomic E-state index is 7.00. The SMILES string of the molecule is CCCC/C=C1/C(B2C3CCCC2CCC3)=C(CCCC)[Si]1(Cl)Cl. The summed E-state index contributed by atoms with van der Waals surface area (Å²) >= 11 is 14.0. The Bertz CT molecular complexity index is 490. The summed E-state index contributed by atoms with van der Waals surface area (Å²) < 4.78 is 0. The molecule has 2 saturated heterocycles. The smallest absolute Gasteiger partial charge is 0.134 e. The van der Waals surface area contributed by atoms with E-state index in [2.05, 4.69) is 19.9 Å². The van der Waals surface area contributed by atoms with Gasteiger partial charge in [-0.2, -0.15) is 0 Å². The summed E-state index contributed by atoms with van der Waals surface area (Å²) in [5.41, 5.74) is 1.69. The van der Waals surface area contributed by atoms with Crippen molar-refractivity contribution in [1.82, 2.24) is 0 Å². The van der Waals surface area contributed by atoms with Crippen LogP contribution in [0.25, 0.3) is 0 Å². The van der Waals surface area contributed by atoms with Gasteiger partial charge in [0.2, 0.25) is 0 Å². The fourth-order valence-corrected chi connectivity index (χ4v) is 10.0. The fourth-order valence-electron chi connectivity index (χ4n) is 5.46. The van der Waals surface area contributed by atoms with Crippen LogP contribution in [0.1, 0.15) is 90.9 Å². The molecule has 0 saturated carbocycles. The Hall–Kier alpha value is 0.342. The van der Waals surface area contributed by atoms with Crippen LogP contribution in [0.2, 0.25) is 11.6 Å². The van der Waals surface area contributed by atoms with Crippen molar-refractivity contribution < 1.29 is 0 Å². The maximum Gasteiger partial charge on any atom is 0.305 e. The molecule has 0 aromatic carbocycles. The average Bonchev–Trinajstić information content (AvgIpc) is 2.55. The first-order valence-corrected chi connectivity index (χ1v) is 14.5. The molecule has 0 N–H and O–H groups in total. The van der Waals surface area contributed by atoms with Gasteiger partial charge in [0.1, 0.15) is 0 Å². The molecular weight excluding hydrogens is 350 g/mol. The van der Waals surface area contributed by atoms with Crippen LogP contribution in [0.4, 0.5) is 0 Å². The Balaban J connectivity index is 1.93. The third-order valence-corrected chi connectivity index (χ3v) is 11.7. The lowest BCUT2D eigenvalue weighted by molar-refractivity contribution is 0.446. The Morgan fingerprint density at radius 3 is 2.12 bits per heavy atom. The van der Waals surface area contributed by atoms with Crippen LogP contribution in [0.15, 0.2) is 21.9 Å². The summed E-state index contributed by atoms with van der Waals surface area (Å²) in [5, 5.41) is 2.97. The number of fused-ring (bicyclic) bond motifs is 2. The second-order valence-electron chi connectivity index (χ2n) is 8.24. The van der Waals surface area contributed by atoms with Crippen molar-refractivity contribution in [3.63, 3.8) is 0 Å². The van der Waals surface area contributed by atoms with Gasteiger partial charge in [-0.15, -0.1) is 22.2 Å². The lowest BCUT2D eigenvalue weighted by Crippen LogP contribution is -2.49. The molecule has 0 unspecified atom stereocenters. The average molecular weight is 383 g/mol. The predicted octanol–water partition coefficient (Wildman–Crippen LogP) is 7.74. The van der Waals surface area contributed by atoms with Crippen molar-refractivity contribution in [2.45, 2.75) is 103 Å². The molecule has 4 heteroatoms. The molecule has 2 fully saturated rings. The standard InChI is InChI=1S/C20H33BCl2Si/c1-3-5-7-15-19-20(18(14-6-4-2)24(19,22)23)21-16-10-8-11-17(21)13-9-12-16/h15-17H,3-14H2,1-2H3/b19-15-. The van der Waals surface area contributed by atoms with E-state index in [1.54, 1.807) is 5.47 Å². The van der Waals surface area contributed by atoms with Gasteiger partial charge in [0.25, 0.3) is 0 Å². The zero-order chi connectivity index (χ0) is 17.2. The quantitative estimate of drug-likeness (QED) is 0.240. The molecular formula is C20H33BCl2Si. The van der Waals surface area contributed by atoms with Gasteiger partial charge in [0.15, 0.2) is 6.71 Å². The zero-order valence-electron chi connectivity index (χ0n) is 15.6. The zero-order valence-corrected chi connectivity index (χ0v) is 18.1. The van der Waals surface area contributed by atoms with Gasteiger partial charge in [-0.3, -0.25) is 0 Å². The third kappa shape index (κ3) is 3.58. The molecule has 0 amide bonds. The minimum atomic E-state index is -2.31. The van der Waals surface area contributed by atoms with Gasteiger partial charge < -0.3 is 0 Å². The van der Waals surface area contributed by atoms with Crippen molar-refractivity contribution in [2.75, 3.05) is 0 Å². The first kappa shape index (κ1) is 19.1. The minimum absolute atomic E-state index is 0.797. The first-order valence-electron chi connectivity index (χ1n) is 10.4. The Labute approximate surface area is 159 Å². The van der Waals surface area contributed by atoms with Crippen molar-refractivity contribution in [3.8, 4) is 0 Å². The number of halogens is 2. The molecule has 0 aromatic heterocycles. The van der Waals surface area contributed by atoms with Crippen LogP contribution < -0.4 is 0 Å². The third-order valence-electron chi connectivity index (χ3n) is 6.67. The summed E-state index contributed by atoms with van der Waals surface area (Å²) in [7, 11) is 0. The lowest BCUT2D eigenvalue weighted by Gasteiger charge is -2.49. The molecule has 0 radical (unpaired) electrons.